The highest BCUT2D eigenvalue weighted by atomic mass is 16.7. The van der Waals surface area contributed by atoms with Crippen molar-refractivity contribution in [3.63, 3.8) is 0 Å². The Morgan fingerprint density at radius 2 is 2.11 bits per heavy atom. The molecule has 0 bridgehead atoms. The van der Waals surface area contributed by atoms with E-state index in [4.69, 9.17) is 15.3 Å². The van der Waals surface area contributed by atoms with Crippen molar-refractivity contribution >= 4 is 17.6 Å². The van der Waals surface area contributed by atoms with Crippen molar-refractivity contribution in [1.29, 1.82) is 0 Å². The fourth-order valence-electron chi connectivity index (χ4n) is 3.11. The van der Waals surface area contributed by atoms with Crippen molar-refractivity contribution in [3.8, 4) is 11.8 Å². The topological polar surface area (TPSA) is 81.2 Å². The number of aliphatic imine (C=N–C) groups is 1. The average molecular weight is 380 g/mol. The summed E-state index contributed by atoms with van der Waals surface area (Å²) in [6.45, 7) is 4.61. The molecule has 0 radical (unpaired) electrons. The number of benzene rings is 1. The molecule has 28 heavy (non-hydrogen) atoms. The van der Waals surface area contributed by atoms with Gasteiger partial charge in [0.25, 0.3) is 0 Å². The second-order valence-corrected chi connectivity index (χ2v) is 8.09. The number of anilines is 1. The zero-order valence-corrected chi connectivity index (χ0v) is 16.4. The molecule has 1 heterocycles. The first kappa shape index (κ1) is 19.0. The predicted octanol–water partition coefficient (Wildman–Crippen LogP) is 2.71. The molecule has 1 aromatic carbocycles. The molecule has 3 N–H and O–H groups in total. The fourth-order valence-corrected chi connectivity index (χ4v) is 3.11. The molecule has 0 atom stereocenters. The van der Waals surface area contributed by atoms with E-state index in [1.165, 1.54) is 25.7 Å². The van der Waals surface area contributed by atoms with Gasteiger partial charge in [-0.3, -0.25) is 4.99 Å². The summed E-state index contributed by atoms with van der Waals surface area (Å²) in [4.78, 5) is 4.39. The number of nitrogens with two attached hydrogens (primary N) is 1. The number of rotatable bonds is 6. The zero-order chi connectivity index (χ0) is 19.4. The summed E-state index contributed by atoms with van der Waals surface area (Å²) in [7, 11) is 0. The molecule has 6 nitrogen and oxygen atoms in total. The van der Waals surface area contributed by atoms with Crippen LogP contribution >= 0.6 is 0 Å². The van der Waals surface area contributed by atoms with Crippen LogP contribution in [0.4, 0.5) is 5.69 Å². The third-order valence-electron chi connectivity index (χ3n) is 5.45. The molecule has 0 aromatic heterocycles. The molecule has 3 fully saturated rings. The summed E-state index contributed by atoms with van der Waals surface area (Å²) >= 11 is 0. The summed E-state index contributed by atoms with van der Waals surface area (Å²) < 4.78 is 11.5. The van der Waals surface area contributed by atoms with Crippen LogP contribution in [0, 0.1) is 30.1 Å². The van der Waals surface area contributed by atoms with Crippen molar-refractivity contribution < 1.29 is 9.47 Å². The van der Waals surface area contributed by atoms with Crippen LogP contribution in [0.25, 0.3) is 0 Å². The van der Waals surface area contributed by atoms with E-state index >= 15 is 0 Å². The molecule has 3 aliphatic rings. The van der Waals surface area contributed by atoms with Crippen LogP contribution < -0.4 is 11.2 Å². The third kappa shape index (κ3) is 5.12. The number of hydrogen-bond donors (Lipinski definition) is 2. The Bertz CT molecular complexity index is 819. The molecule has 1 saturated heterocycles. The first-order valence-electron chi connectivity index (χ1n) is 10.0. The van der Waals surface area contributed by atoms with Crippen LogP contribution in [0.2, 0.25) is 0 Å². The van der Waals surface area contributed by atoms with Gasteiger partial charge in [-0.2, -0.15) is 5.10 Å². The minimum Gasteiger partial charge on any atom is -0.379 e. The van der Waals surface area contributed by atoms with Crippen molar-refractivity contribution in [2.24, 2.45) is 27.3 Å². The maximum atomic E-state index is 5.73. The molecule has 1 aliphatic heterocycles. The van der Waals surface area contributed by atoms with E-state index in [1.54, 1.807) is 6.21 Å². The van der Waals surface area contributed by atoms with Crippen molar-refractivity contribution in [1.82, 2.24) is 0 Å². The monoisotopic (exact) mass is 380 g/mol. The van der Waals surface area contributed by atoms with Gasteiger partial charge in [0, 0.05) is 28.8 Å². The Labute approximate surface area is 166 Å². The summed E-state index contributed by atoms with van der Waals surface area (Å²) in [5.41, 5.74) is 4.23. The summed E-state index contributed by atoms with van der Waals surface area (Å²) in [5.74, 6) is 12.7. The number of nitrogens with one attached hydrogen (secondary N) is 1. The van der Waals surface area contributed by atoms with Crippen LogP contribution in [0.3, 0.4) is 0 Å². The predicted molar refractivity (Wildman–Crippen MR) is 112 cm³/mol. The smallest absolute Gasteiger partial charge is 0.176 e. The molecule has 1 spiro atoms. The molecular formula is C22H28N4O2. The largest absolute Gasteiger partial charge is 0.379 e. The van der Waals surface area contributed by atoms with Gasteiger partial charge in [-0.25, -0.2) is 0 Å². The molecule has 1 aromatic rings. The third-order valence-corrected chi connectivity index (χ3v) is 5.45. The fraction of sp³-hybridized carbons (Fsp3) is 0.545. The van der Waals surface area contributed by atoms with Gasteiger partial charge in [0.05, 0.1) is 32.0 Å². The van der Waals surface area contributed by atoms with Gasteiger partial charge in [-0.15, -0.1) is 0 Å². The lowest BCUT2D eigenvalue weighted by Crippen LogP contribution is -2.35. The van der Waals surface area contributed by atoms with Gasteiger partial charge in [0.15, 0.2) is 6.29 Å². The van der Waals surface area contributed by atoms with Crippen molar-refractivity contribution in [2.75, 3.05) is 31.6 Å². The Hall–Kier alpha value is -2.36. The first-order chi connectivity index (χ1) is 13.7. The minimum atomic E-state index is -0.263. The van der Waals surface area contributed by atoms with E-state index in [1.807, 2.05) is 6.07 Å². The SMILES string of the molecule is Cc1cc(C#CC2CC2)ccc1NC/C(C=NCC1OCC2(CC2)CO1)=N/N. The molecule has 0 unspecified atom stereocenters. The summed E-state index contributed by atoms with van der Waals surface area (Å²) in [6.07, 6.45) is 6.34. The Balaban J connectivity index is 1.24. The van der Waals surface area contributed by atoms with E-state index in [0.29, 0.717) is 30.1 Å². The maximum absolute atomic E-state index is 5.73. The lowest BCUT2D eigenvalue weighted by molar-refractivity contribution is -0.201. The van der Waals surface area contributed by atoms with E-state index in [0.717, 1.165) is 30.0 Å². The number of hydrazone groups is 1. The highest BCUT2D eigenvalue weighted by Crippen LogP contribution is 2.48. The van der Waals surface area contributed by atoms with Gasteiger partial charge < -0.3 is 20.6 Å². The lowest BCUT2D eigenvalue weighted by atomic mass is 10.1. The van der Waals surface area contributed by atoms with Crippen LogP contribution in [-0.2, 0) is 9.47 Å². The lowest BCUT2D eigenvalue weighted by Gasteiger charge is -2.28. The van der Waals surface area contributed by atoms with Crippen LogP contribution in [-0.4, -0.2) is 44.5 Å². The highest BCUT2D eigenvalue weighted by Gasteiger charge is 2.46. The van der Waals surface area contributed by atoms with Crippen molar-refractivity contribution in [3.05, 3.63) is 29.3 Å². The number of hydrogen-bond acceptors (Lipinski definition) is 6. The highest BCUT2D eigenvalue weighted by molar-refractivity contribution is 6.32. The zero-order valence-electron chi connectivity index (χ0n) is 16.4. The Morgan fingerprint density at radius 3 is 2.75 bits per heavy atom. The number of nitrogens with zero attached hydrogens (tertiary/aromatic N) is 2. The van der Waals surface area contributed by atoms with E-state index < -0.39 is 0 Å². The normalized spacial score (nSPS) is 21.5. The van der Waals surface area contributed by atoms with E-state index in [2.05, 4.69) is 46.3 Å². The number of aryl methyl sites for hydroxylation is 1. The molecule has 4 rings (SSSR count). The quantitative estimate of drug-likeness (QED) is 0.344. The molecule has 2 saturated carbocycles. The van der Waals surface area contributed by atoms with Gasteiger partial charge in [0.1, 0.15) is 0 Å². The molecule has 148 valence electrons. The van der Waals surface area contributed by atoms with Gasteiger partial charge >= 0.3 is 0 Å². The molecule has 6 heteroatoms. The second-order valence-electron chi connectivity index (χ2n) is 8.09. The molecular weight excluding hydrogens is 352 g/mol. The Morgan fingerprint density at radius 1 is 1.32 bits per heavy atom. The van der Waals surface area contributed by atoms with Crippen molar-refractivity contribution in [2.45, 2.75) is 38.9 Å². The Kier molecular flexibility index (Phi) is 5.65. The summed E-state index contributed by atoms with van der Waals surface area (Å²) in [5, 5.41) is 7.19. The van der Waals surface area contributed by atoms with Gasteiger partial charge in [0.2, 0.25) is 0 Å². The average Bonchev–Trinajstić information content (AvgIpc) is 3.63. The summed E-state index contributed by atoms with van der Waals surface area (Å²) in [6, 6.07) is 6.20. The minimum absolute atomic E-state index is 0.263. The second kappa shape index (κ2) is 8.34. The first-order valence-corrected chi connectivity index (χ1v) is 10.0. The van der Waals surface area contributed by atoms with E-state index in [-0.39, 0.29) is 6.29 Å². The number of ether oxygens (including phenoxy) is 2. The molecule has 0 amide bonds. The van der Waals surface area contributed by atoms with Crippen LogP contribution in [0.5, 0.6) is 0 Å². The standard InChI is InChI=1S/C22H28N4O2/c1-16-10-18(5-4-17-2-3-17)6-7-20(16)25-12-19(26-23)11-24-13-21-27-14-22(8-9-22)15-28-21/h6-7,10-11,17,21,25H,2-3,8-9,12-15,23H2,1H3/b24-11?,26-19+. The van der Waals surface area contributed by atoms with Crippen LogP contribution in [0.1, 0.15) is 36.8 Å². The van der Waals surface area contributed by atoms with Gasteiger partial charge in [-0.05, 0) is 56.4 Å². The van der Waals surface area contributed by atoms with Crippen LogP contribution in [0.15, 0.2) is 28.3 Å². The van der Waals surface area contributed by atoms with E-state index in [9.17, 15) is 0 Å². The van der Waals surface area contributed by atoms with Gasteiger partial charge in [-0.1, -0.05) is 11.8 Å². The maximum Gasteiger partial charge on any atom is 0.176 e. The molecule has 2 aliphatic carbocycles.